The Morgan fingerprint density at radius 2 is 2.25 bits per heavy atom. The van der Waals surface area contributed by atoms with E-state index in [9.17, 15) is 0 Å². The largest absolute Gasteiger partial charge is 0.380 e. The van der Waals surface area contributed by atoms with Gasteiger partial charge in [-0.3, -0.25) is 9.88 Å². The van der Waals surface area contributed by atoms with Gasteiger partial charge in [0.15, 0.2) is 0 Å². The summed E-state index contributed by atoms with van der Waals surface area (Å²) in [4.78, 5) is 6.74. The summed E-state index contributed by atoms with van der Waals surface area (Å²) in [5.74, 6) is 0.824. The van der Waals surface area contributed by atoms with Crippen LogP contribution >= 0.6 is 0 Å². The first-order chi connectivity index (χ1) is 9.72. The highest BCUT2D eigenvalue weighted by molar-refractivity contribution is 5.11. The van der Waals surface area contributed by atoms with Crippen molar-refractivity contribution in [3.63, 3.8) is 0 Å². The van der Waals surface area contributed by atoms with Crippen LogP contribution in [0.5, 0.6) is 0 Å². The molecule has 0 amide bonds. The molecule has 20 heavy (non-hydrogen) atoms. The van der Waals surface area contributed by atoms with Crippen molar-refractivity contribution in [1.29, 1.82) is 0 Å². The molecule has 2 N–H and O–H groups in total. The number of nitrogens with zero attached hydrogens (tertiary/aromatic N) is 2. The number of hydrogen-bond donors (Lipinski definition) is 1. The molecule has 4 nitrogen and oxygen atoms in total. The lowest BCUT2D eigenvalue weighted by Gasteiger charge is -2.31. The fourth-order valence-corrected chi connectivity index (χ4v) is 2.43. The van der Waals surface area contributed by atoms with Gasteiger partial charge < -0.3 is 10.5 Å². The maximum absolute atomic E-state index is 6.29. The molecule has 0 spiro atoms. The van der Waals surface area contributed by atoms with E-state index in [0.29, 0.717) is 0 Å². The molecule has 0 aromatic carbocycles. The summed E-state index contributed by atoms with van der Waals surface area (Å²) in [6.07, 6.45) is 5.46. The summed E-state index contributed by atoms with van der Waals surface area (Å²) in [6, 6.07) is 6.28. The fourth-order valence-electron chi connectivity index (χ4n) is 2.43. The van der Waals surface area contributed by atoms with E-state index < -0.39 is 0 Å². The van der Waals surface area contributed by atoms with Crippen molar-refractivity contribution in [2.75, 3.05) is 26.8 Å². The maximum Gasteiger partial charge on any atom is 0.0671 e. The molecule has 0 saturated heterocycles. The van der Waals surface area contributed by atoms with Gasteiger partial charge in [0.25, 0.3) is 0 Å². The van der Waals surface area contributed by atoms with Gasteiger partial charge in [-0.15, -0.1) is 0 Å². The van der Waals surface area contributed by atoms with Crippen LogP contribution in [0, 0.1) is 5.92 Å². The maximum atomic E-state index is 6.29. The number of rotatable bonds is 9. The van der Waals surface area contributed by atoms with Crippen molar-refractivity contribution in [2.45, 2.75) is 38.3 Å². The summed E-state index contributed by atoms with van der Waals surface area (Å²) < 4.78 is 5.72. The number of ether oxygens (including phenoxy) is 1. The molecule has 1 saturated carbocycles. The van der Waals surface area contributed by atoms with Gasteiger partial charge in [-0.25, -0.2) is 0 Å². The van der Waals surface area contributed by atoms with Gasteiger partial charge in [-0.2, -0.15) is 0 Å². The summed E-state index contributed by atoms with van der Waals surface area (Å²) in [5.41, 5.74) is 7.34. The monoisotopic (exact) mass is 277 g/mol. The van der Waals surface area contributed by atoms with E-state index in [1.165, 1.54) is 12.8 Å². The van der Waals surface area contributed by atoms with Crippen LogP contribution in [-0.4, -0.2) is 42.7 Å². The van der Waals surface area contributed by atoms with Gasteiger partial charge >= 0.3 is 0 Å². The lowest BCUT2D eigenvalue weighted by Crippen LogP contribution is -2.40. The van der Waals surface area contributed by atoms with E-state index in [0.717, 1.165) is 37.8 Å². The highest BCUT2D eigenvalue weighted by atomic mass is 16.5. The van der Waals surface area contributed by atoms with Gasteiger partial charge in [0.1, 0.15) is 0 Å². The van der Waals surface area contributed by atoms with Crippen LogP contribution in [0.4, 0.5) is 0 Å². The summed E-state index contributed by atoms with van der Waals surface area (Å²) in [5, 5.41) is 0. The average molecular weight is 277 g/mol. The van der Waals surface area contributed by atoms with Crippen molar-refractivity contribution < 1.29 is 4.74 Å². The second-order valence-corrected chi connectivity index (χ2v) is 5.77. The molecule has 1 aromatic heterocycles. The van der Waals surface area contributed by atoms with Gasteiger partial charge in [-0.1, -0.05) is 13.0 Å². The predicted octanol–water partition coefficient (Wildman–Crippen LogP) is 2.22. The standard InChI is InChI=1S/C16H27N3O/c1-3-14(17)16(15-6-4-5-9-18-15)19(2)10-11-20-12-13-7-8-13/h4-6,9,13-14,16H,3,7-8,10-12,17H2,1-2H3. The number of hydrogen-bond acceptors (Lipinski definition) is 4. The van der Waals surface area contributed by atoms with E-state index >= 15 is 0 Å². The molecule has 0 aliphatic heterocycles. The zero-order valence-corrected chi connectivity index (χ0v) is 12.7. The molecular formula is C16H27N3O. The Kier molecular flexibility index (Phi) is 5.95. The van der Waals surface area contributed by atoms with Crippen LogP contribution in [-0.2, 0) is 4.74 Å². The smallest absolute Gasteiger partial charge is 0.0671 e. The van der Waals surface area contributed by atoms with Crippen molar-refractivity contribution in [2.24, 2.45) is 11.7 Å². The minimum atomic E-state index is 0.0957. The van der Waals surface area contributed by atoms with Crippen molar-refractivity contribution in [3.8, 4) is 0 Å². The molecule has 2 rings (SSSR count). The van der Waals surface area contributed by atoms with Crippen LogP contribution in [0.3, 0.4) is 0 Å². The second kappa shape index (κ2) is 7.72. The summed E-state index contributed by atoms with van der Waals surface area (Å²) in [6.45, 7) is 4.70. The Morgan fingerprint density at radius 3 is 2.85 bits per heavy atom. The summed E-state index contributed by atoms with van der Waals surface area (Å²) in [7, 11) is 2.11. The first-order valence-electron chi connectivity index (χ1n) is 7.66. The highest BCUT2D eigenvalue weighted by Crippen LogP contribution is 2.28. The molecule has 1 heterocycles. The SMILES string of the molecule is CCC(N)C(c1ccccn1)N(C)CCOCC1CC1. The Morgan fingerprint density at radius 1 is 1.45 bits per heavy atom. The fraction of sp³-hybridized carbons (Fsp3) is 0.688. The minimum Gasteiger partial charge on any atom is -0.380 e. The number of likely N-dealkylation sites (N-methyl/N-ethyl adjacent to an activating group) is 1. The average Bonchev–Trinajstić information content (AvgIpc) is 3.29. The minimum absolute atomic E-state index is 0.0957. The lowest BCUT2D eigenvalue weighted by atomic mass is 10.0. The zero-order chi connectivity index (χ0) is 14.4. The molecule has 2 unspecified atom stereocenters. The van der Waals surface area contributed by atoms with Gasteiger partial charge in [0, 0.05) is 25.4 Å². The molecule has 1 aromatic rings. The van der Waals surface area contributed by atoms with Crippen LogP contribution in [0.25, 0.3) is 0 Å². The Hall–Kier alpha value is -0.970. The molecule has 1 aliphatic carbocycles. The number of pyridine rings is 1. The topological polar surface area (TPSA) is 51.4 Å². The van der Waals surface area contributed by atoms with Gasteiger partial charge in [0.05, 0.1) is 18.3 Å². The molecular weight excluding hydrogens is 250 g/mol. The lowest BCUT2D eigenvalue weighted by molar-refractivity contribution is 0.0853. The first kappa shape index (κ1) is 15.4. The van der Waals surface area contributed by atoms with Gasteiger partial charge in [0.2, 0.25) is 0 Å². The molecule has 112 valence electrons. The molecule has 4 heteroatoms. The summed E-state index contributed by atoms with van der Waals surface area (Å²) >= 11 is 0. The zero-order valence-electron chi connectivity index (χ0n) is 12.7. The van der Waals surface area contributed by atoms with E-state index in [1.807, 2.05) is 18.3 Å². The second-order valence-electron chi connectivity index (χ2n) is 5.77. The van der Waals surface area contributed by atoms with Crippen LogP contribution < -0.4 is 5.73 Å². The van der Waals surface area contributed by atoms with Crippen LogP contribution in [0.1, 0.15) is 37.9 Å². The van der Waals surface area contributed by atoms with Crippen LogP contribution in [0.2, 0.25) is 0 Å². The number of aromatic nitrogens is 1. The van der Waals surface area contributed by atoms with Crippen molar-refractivity contribution in [3.05, 3.63) is 30.1 Å². The predicted molar refractivity (Wildman–Crippen MR) is 81.4 cm³/mol. The first-order valence-corrected chi connectivity index (χ1v) is 7.66. The van der Waals surface area contributed by atoms with Crippen LogP contribution in [0.15, 0.2) is 24.4 Å². The third kappa shape index (κ3) is 4.54. The normalized spacial score (nSPS) is 18.2. The Balaban J connectivity index is 1.87. The molecule has 1 fully saturated rings. The van der Waals surface area contributed by atoms with E-state index in [-0.39, 0.29) is 12.1 Å². The van der Waals surface area contributed by atoms with E-state index in [2.05, 4.69) is 29.9 Å². The Labute approximate surface area is 122 Å². The van der Waals surface area contributed by atoms with Crippen molar-refractivity contribution in [1.82, 2.24) is 9.88 Å². The quantitative estimate of drug-likeness (QED) is 0.703. The Bertz CT molecular complexity index is 381. The van der Waals surface area contributed by atoms with Gasteiger partial charge in [-0.05, 0) is 44.4 Å². The number of nitrogens with two attached hydrogens (primary N) is 1. The van der Waals surface area contributed by atoms with Crippen molar-refractivity contribution >= 4 is 0 Å². The molecule has 0 radical (unpaired) electrons. The van der Waals surface area contributed by atoms with E-state index in [1.54, 1.807) is 0 Å². The molecule has 0 bridgehead atoms. The third-order valence-electron chi connectivity index (χ3n) is 3.98. The molecule has 1 aliphatic rings. The highest BCUT2D eigenvalue weighted by Gasteiger charge is 2.24. The third-order valence-corrected chi connectivity index (χ3v) is 3.98. The molecule has 2 atom stereocenters. The van der Waals surface area contributed by atoms with E-state index in [4.69, 9.17) is 10.5 Å².